The lowest BCUT2D eigenvalue weighted by Crippen LogP contribution is -2.27. The van der Waals surface area contributed by atoms with Gasteiger partial charge in [-0.15, -0.1) is 0 Å². The zero-order chi connectivity index (χ0) is 15.5. The molecule has 0 amide bonds. The number of benzene rings is 1. The molecule has 112 valence electrons. The SMILES string of the molecule is CC12C=CC(CC1)C2(C)C.O=C(O)C=Cc1ccccc1. The van der Waals surface area contributed by atoms with Gasteiger partial charge < -0.3 is 5.11 Å². The van der Waals surface area contributed by atoms with Crippen molar-refractivity contribution in [3.63, 3.8) is 0 Å². The molecule has 2 heteroatoms. The van der Waals surface area contributed by atoms with Crippen LogP contribution in [0.5, 0.6) is 0 Å². The van der Waals surface area contributed by atoms with Gasteiger partial charge >= 0.3 is 5.97 Å². The minimum atomic E-state index is -0.922. The van der Waals surface area contributed by atoms with Gasteiger partial charge in [-0.1, -0.05) is 63.3 Å². The quantitative estimate of drug-likeness (QED) is 0.626. The standard InChI is InChI=1S/C10H16.C9H8O2/c1-9(2)8-4-6-10(9,3)7-5-8;10-9(11)7-6-8-4-2-1-3-5-8/h4,6,8H,5,7H2,1-3H3;1-7H,(H,10,11). The summed E-state index contributed by atoms with van der Waals surface area (Å²) in [6.07, 6.45) is 10.4. The van der Waals surface area contributed by atoms with E-state index in [1.54, 1.807) is 6.08 Å². The number of rotatable bonds is 2. The van der Waals surface area contributed by atoms with Crippen molar-refractivity contribution in [2.75, 3.05) is 0 Å². The third-order valence-electron chi connectivity index (χ3n) is 5.29. The van der Waals surface area contributed by atoms with Crippen LogP contribution in [0, 0.1) is 16.7 Å². The highest BCUT2D eigenvalue weighted by molar-refractivity contribution is 5.85. The van der Waals surface area contributed by atoms with Crippen molar-refractivity contribution in [3.05, 3.63) is 54.1 Å². The molecule has 2 nitrogen and oxygen atoms in total. The fourth-order valence-corrected chi connectivity index (χ4v) is 3.26. The Labute approximate surface area is 127 Å². The highest BCUT2D eigenvalue weighted by atomic mass is 16.4. The Bertz CT molecular complexity index is 554. The van der Waals surface area contributed by atoms with Crippen molar-refractivity contribution in [3.8, 4) is 0 Å². The molecule has 1 N–H and O–H groups in total. The van der Waals surface area contributed by atoms with E-state index >= 15 is 0 Å². The number of carboxylic acid groups (broad SMARTS) is 1. The molecular formula is C19H24O2. The van der Waals surface area contributed by atoms with E-state index < -0.39 is 5.97 Å². The number of hydrogen-bond donors (Lipinski definition) is 1. The van der Waals surface area contributed by atoms with Crippen molar-refractivity contribution >= 4 is 12.0 Å². The van der Waals surface area contributed by atoms with Crippen molar-refractivity contribution in [1.82, 2.24) is 0 Å². The number of carboxylic acids is 1. The molecule has 1 fully saturated rings. The van der Waals surface area contributed by atoms with Crippen LogP contribution in [0.2, 0.25) is 0 Å². The molecule has 0 heterocycles. The molecule has 0 radical (unpaired) electrons. The van der Waals surface area contributed by atoms with E-state index in [0.29, 0.717) is 10.8 Å². The smallest absolute Gasteiger partial charge is 0.328 e. The average molecular weight is 284 g/mol. The lowest BCUT2D eigenvalue weighted by atomic mass is 9.71. The van der Waals surface area contributed by atoms with Gasteiger partial charge in [0.2, 0.25) is 0 Å². The number of carbonyl (C=O) groups is 1. The second-order valence-electron chi connectivity index (χ2n) is 6.73. The molecule has 3 rings (SSSR count). The monoisotopic (exact) mass is 284 g/mol. The zero-order valence-electron chi connectivity index (χ0n) is 13.0. The molecule has 0 aliphatic heterocycles. The molecule has 0 aromatic heterocycles. The largest absolute Gasteiger partial charge is 0.478 e. The maximum absolute atomic E-state index is 10.1. The number of fused-ring (bicyclic) bond motifs is 2. The van der Waals surface area contributed by atoms with Gasteiger partial charge in [0.1, 0.15) is 0 Å². The van der Waals surface area contributed by atoms with Crippen LogP contribution in [0.4, 0.5) is 0 Å². The highest BCUT2D eigenvalue weighted by Crippen LogP contribution is 2.61. The summed E-state index contributed by atoms with van der Waals surface area (Å²) < 4.78 is 0. The molecule has 0 saturated heterocycles. The van der Waals surface area contributed by atoms with E-state index in [0.717, 1.165) is 17.6 Å². The van der Waals surface area contributed by atoms with Gasteiger partial charge in [-0.25, -0.2) is 4.79 Å². The van der Waals surface area contributed by atoms with Crippen LogP contribution in [0.3, 0.4) is 0 Å². The Morgan fingerprint density at radius 2 is 1.90 bits per heavy atom. The van der Waals surface area contributed by atoms with E-state index in [1.807, 2.05) is 30.3 Å². The summed E-state index contributed by atoms with van der Waals surface area (Å²) in [6, 6.07) is 9.31. The maximum Gasteiger partial charge on any atom is 0.328 e. The van der Waals surface area contributed by atoms with Crippen LogP contribution in [-0.2, 0) is 4.79 Å². The predicted molar refractivity (Wildman–Crippen MR) is 86.9 cm³/mol. The van der Waals surface area contributed by atoms with Gasteiger partial charge in [-0.2, -0.15) is 0 Å². The van der Waals surface area contributed by atoms with Crippen molar-refractivity contribution in [1.29, 1.82) is 0 Å². The van der Waals surface area contributed by atoms with Gasteiger partial charge in [0, 0.05) is 6.08 Å². The summed E-state index contributed by atoms with van der Waals surface area (Å²) in [5.74, 6) is -0.0497. The molecule has 21 heavy (non-hydrogen) atoms. The summed E-state index contributed by atoms with van der Waals surface area (Å²) in [4.78, 5) is 10.1. The molecule has 1 aromatic rings. The van der Waals surface area contributed by atoms with Gasteiger partial charge in [0.15, 0.2) is 0 Å². The van der Waals surface area contributed by atoms with E-state index in [-0.39, 0.29) is 0 Å². The summed E-state index contributed by atoms with van der Waals surface area (Å²) in [5.41, 5.74) is 1.97. The van der Waals surface area contributed by atoms with E-state index in [9.17, 15) is 4.79 Å². The minimum Gasteiger partial charge on any atom is -0.478 e. The van der Waals surface area contributed by atoms with Gasteiger partial charge in [-0.3, -0.25) is 0 Å². The number of aliphatic carboxylic acids is 1. The fraction of sp³-hybridized carbons (Fsp3) is 0.421. The molecular weight excluding hydrogens is 260 g/mol. The molecule has 0 spiro atoms. The first-order valence-corrected chi connectivity index (χ1v) is 7.50. The Morgan fingerprint density at radius 1 is 1.24 bits per heavy atom. The van der Waals surface area contributed by atoms with E-state index in [1.165, 1.54) is 12.8 Å². The normalized spacial score (nSPS) is 28.4. The van der Waals surface area contributed by atoms with E-state index in [2.05, 4.69) is 32.9 Å². The molecule has 1 saturated carbocycles. The Kier molecular flexibility index (Phi) is 4.36. The lowest BCUT2D eigenvalue weighted by Gasteiger charge is -2.33. The van der Waals surface area contributed by atoms with Crippen molar-refractivity contribution in [2.45, 2.75) is 33.6 Å². The average Bonchev–Trinajstić information content (AvgIpc) is 2.82. The van der Waals surface area contributed by atoms with Crippen LogP contribution in [0.1, 0.15) is 39.2 Å². The molecule has 2 unspecified atom stereocenters. The highest BCUT2D eigenvalue weighted by Gasteiger charge is 2.52. The summed E-state index contributed by atoms with van der Waals surface area (Å²) in [5, 5.41) is 8.29. The second-order valence-corrected chi connectivity index (χ2v) is 6.73. The van der Waals surface area contributed by atoms with Crippen LogP contribution >= 0.6 is 0 Å². The molecule has 2 bridgehead atoms. The molecule has 2 aliphatic rings. The van der Waals surface area contributed by atoms with Crippen molar-refractivity contribution < 1.29 is 9.90 Å². The third-order valence-corrected chi connectivity index (χ3v) is 5.29. The predicted octanol–water partition coefficient (Wildman–Crippen LogP) is 4.78. The van der Waals surface area contributed by atoms with Gasteiger partial charge in [0.25, 0.3) is 0 Å². The fourth-order valence-electron chi connectivity index (χ4n) is 3.26. The number of allylic oxidation sites excluding steroid dienone is 2. The molecule has 2 aliphatic carbocycles. The number of hydrogen-bond acceptors (Lipinski definition) is 1. The van der Waals surface area contributed by atoms with Gasteiger partial charge in [-0.05, 0) is 41.2 Å². The lowest BCUT2D eigenvalue weighted by molar-refractivity contribution is -0.131. The van der Waals surface area contributed by atoms with Crippen LogP contribution in [0.15, 0.2) is 48.6 Å². The van der Waals surface area contributed by atoms with Crippen molar-refractivity contribution in [2.24, 2.45) is 16.7 Å². The Balaban J connectivity index is 0.000000154. The van der Waals surface area contributed by atoms with Crippen LogP contribution < -0.4 is 0 Å². The maximum atomic E-state index is 10.1. The van der Waals surface area contributed by atoms with Gasteiger partial charge in [0.05, 0.1) is 0 Å². The first kappa shape index (κ1) is 15.6. The second kappa shape index (κ2) is 5.88. The zero-order valence-corrected chi connectivity index (χ0v) is 13.0. The Hall–Kier alpha value is -1.83. The van der Waals surface area contributed by atoms with E-state index in [4.69, 9.17) is 5.11 Å². The van der Waals surface area contributed by atoms with Crippen LogP contribution in [0.25, 0.3) is 6.08 Å². The third kappa shape index (κ3) is 3.26. The first-order valence-electron chi connectivity index (χ1n) is 7.50. The first-order chi connectivity index (χ1) is 9.85. The summed E-state index contributed by atoms with van der Waals surface area (Å²) in [7, 11) is 0. The Morgan fingerprint density at radius 3 is 2.24 bits per heavy atom. The minimum absolute atomic E-state index is 0.525. The summed E-state index contributed by atoms with van der Waals surface area (Å²) in [6.45, 7) is 7.21. The molecule has 1 aromatic carbocycles. The molecule has 2 atom stereocenters. The van der Waals surface area contributed by atoms with Crippen LogP contribution in [-0.4, -0.2) is 11.1 Å². The topological polar surface area (TPSA) is 37.3 Å². The summed E-state index contributed by atoms with van der Waals surface area (Å²) >= 11 is 0.